The molecule has 0 aliphatic carbocycles. The van der Waals surface area contributed by atoms with Crippen molar-refractivity contribution in [2.45, 2.75) is 26.2 Å². The van der Waals surface area contributed by atoms with Crippen molar-refractivity contribution in [3.05, 3.63) is 42.0 Å². The van der Waals surface area contributed by atoms with Crippen LogP contribution < -0.4 is 4.90 Å². The van der Waals surface area contributed by atoms with E-state index in [1.165, 1.54) is 63.8 Å². The molecule has 1 aliphatic rings. The zero-order valence-corrected chi connectivity index (χ0v) is 12.7. The molecule has 1 fully saturated rings. The van der Waals surface area contributed by atoms with Crippen molar-refractivity contribution in [1.29, 1.82) is 0 Å². The number of hydrogen-bond acceptors (Lipinski definition) is 2. The molecule has 1 aromatic heterocycles. The first-order valence-electron chi connectivity index (χ1n) is 7.50. The molecule has 0 spiro atoms. The van der Waals surface area contributed by atoms with Gasteiger partial charge in [-0.15, -0.1) is 11.3 Å². The molecule has 2 heterocycles. The van der Waals surface area contributed by atoms with E-state index in [4.69, 9.17) is 0 Å². The van der Waals surface area contributed by atoms with Gasteiger partial charge in [0.05, 0.1) is 10.4 Å². The second kappa shape index (κ2) is 4.78. The van der Waals surface area contributed by atoms with Gasteiger partial charge in [-0.25, -0.2) is 0 Å². The molecule has 0 atom stereocenters. The Kier molecular flexibility index (Phi) is 2.92. The van der Waals surface area contributed by atoms with Gasteiger partial charge in [0, 0.05) is 28.6 Å². The van der Waals surface area contributed by atoms with Crippen molar-refractivity contribution >= 4 is 37.2 Å². The maximum atomic E-state index is 2.59. The predicted molar refractivity (Wildman–Crippen MR) is 90.1 cm³/mol. The highest BCUT2D eigenvalue weighted by Gasteiger charge is 2.16. The quantitative estimate of drug-likeness (QED) is 0.581. The van der Waals surface area contributed by atoms with Crippen molar-refractivity contribution in [2.24, 2.45) is 0 Å². The van der Waals surface area contributed by atoms with Gasteiger partial charge in [-0.1, -0.05) is 18.2 Å². The molecule has 0 radical (unpaired) electrons. The van der Waals surface area contributed by atoms with E-state index in [0.717, 1.165) is 0 Å². The van der Waals surface area contributed by atoms with E-state index in [1.54, 1.807) is 0 Å². The average molecular weight is 281 g/mol. The summed E-state index contributed by atoms with van der Waals surface area (Å²) in [5.74, 6) is 0. The lowest BCUT2D eigenvalue weighted by atomic mass is 10.1. The van der Waals surface area contributed by atoms with Crippen LogP contribution in [0, 0.1) is 6.92 Å². The molecule has 0 amide bonds. The molecule has 3 aromatic rings. The zero-order chi connectivity index (χ0) is 13.5. The monoisotopic (exact) mass is 281 g/mol. The molecule has 1 nitrogen and oxygen atoms in total. The molecule has 0 N–H and O–H groups in total. The van der Waals surface area contributed by atoms with E-state index >= 15 is 0 Å². The molecular weight excluding hydrogens is 262 g/mol. The molecule has 102 valence electrons. The summed E-state index contributed by atoms with van der Waals surface area (Å²) >= 11 is 1.95. The number of aryl methyl sites for hydroxylation is 1. The van der Waals surface area contributed by atoms with Gasteiger partial charge in [-0.2, -0.15) is 0 Å². The summed E-state index contributed by atoms with van der Waals surface area (Å²) in [6, 6.07) is 13.5. The summed E-state index contributed by atoms with van der Waals surface area (Å²) in [5.41, 5.74) is 2.84. The molecule has 0 unspecified atom stereocenters. The number of nitrogens with zero attached hydrogens (tertiary/aromatic N) is 1. The summed E-state index contributed by atoms with van der Waals surface area (Å²) in [6.07, 6.45) is 4.05. The van der Waals surface area contributed by atoms with Crippen molar-refractivity contribution in [3.63, 3.8) is 0 Å². The van der Waals surface area contributed by atoms with E-state index in [0.29, 0.717) is 0 Å². The Morgan fingerprint density at radius 2 is 1.75 bits per heavy atom. The fourth-order valence-corrected chi connectivity index (χ4v) is 4.55. The molecule has 1 aliphatic heterocycles. The van der Waals surface area contributed by atoms with Crippen LogP contribution in [-0.4, -0.2) is 13.1 Å². The Hall–Kier alpha value is -1.54. The average Bonchev–Trinajstić information content (AvgIpc) is 2.86. The summed E-state index contributed by atoms with van der Waals surface area (Å²) in [5, 5.41) is 2.85. The van der Waals surface area contributed by atoms with Gasteiger partial charge in [0.15, 0.2) is 0 Å². The van der Waals surface area contributed by atoms with Crippen LogP contribution in [-0.2, 0) is 0 Å². The van der Waals surface area contributed by atoms with Gasteiger partial charge in [0.2, 0.25) is 0 Å². The number of thiophene rings is 1. The standard InChI is InChI=1S/C18H19NS/c1-13-11-15-14-7-3-4-8-17(14)20-18(15)16(12-13)19-9-5-2-6-10-19/h3-4,7-8,11-12H,2,5-6,9-10H2,1H3. The molecule has 2 heteroatoms. The lowest BCUT2D eigenvalue weighted by molar-refractivity contribution is 0.579. The van der Waals surface area contributed by atoms with E-state index in [9.17, 15) is 0 Å². The molecular formula is C18H19NS. The maximum Gasteiger partial charge on any atom is 0.0589 e. The van der Waals surface area contributed by atoms with Crippen molar-refractivity contribution in [1.82, 2.24) is 0 Å². The number of piperidine rings is 1. The smallest absolute Gasteiger partial charge is 0.0589 e. The second-order valence-electron chi connectivity index (χ2n) is 5.81. The fraction of sp³-hybridized carbons (Fsp3) is 0.333. The first kappa shape index (κ1) is 12.2. The van der Waals surface area contributed by atoms with Gasteiger partial charge in [-0.3, -0.25) is 0 Å². The van der Waals surface area contributed by atoms with Crippen LogP contribution in [0.15, 0.2) is 36.4 Å². The van der Waals surface area contributed by atoms with Crippen molar-refractivity contribution in [3.8, 4) is 0 Å². The summed E-state index contributed by atoms with van der Waals surface area (Å²) in [4.78, 5) is 2.59. The third kappa shape index (κ3) is 1.90. The Bertz CT molecular complexity index is 766. The lowest BCUT2D eigenvalue weighted by Gasteiger charge is -2.29. The van der Waals surface area contributed by atoms with Gasteiger partial charge in [-0.05, 0) is 49.9 Å². The minimum absolute atomic E-state index is 1.22. The molecule has 0 bridgehead atoms. The number of benzene rings is 2. The Morgan fingerprint density at radius 3 is 2.60 bits per heavy atom. The minimum atomic E-state index is 1.22. The molecule has 0 saturated carbocycles. The van der Waals surface area contributed by atoms with E-state index in [2.05, 4.69) is 48.2 Å². The summed E-state index contributed by atoms with van der Waals surface area (Å²) < 4.78 is 2.88. The highest BCUT2D eigenvalue weighted by atomic mass is 32.1. The summed E-state index contributed by atoms with van der Waals surface area (Å²) in [7, 11) is 0. The lowest BCUT2D eigenvalue weighted by Crippen LogP contribution is -2.29. The normalized spacial score (nSPS) is 16.1. The minimum Gasteiger partial charge on any atom is -0.370 e. The molecule has 20 heavy (non-hydrogen) atoms. The van der Waals surface area contributed by atoms with Gasteiger partial charge < -0.3 is 4.90 Å². The van der Waals surface area contributed by atoms with E-state index in [-0.39, 0.29) is 0 Å². The first-order chi connectivity index (χ1) is 9.83. The number of rotatable bonds is 1. The molecule has 4 rings (SSSR count). The zero-order valence-electron chi connectivity index (χ0n) is 11.9. The van der Waals surface area contributed by atoms with Crippen LogP contribution in [0.1, 0.15) is 24.8 Å². The van der Waals surface area contributed by atoms with Crippen molar-refractivity contribution < 1.29 is 0 Å². The SMILES string of the molecule is Cc1cc(N2CCCCC2)c2sc3ccccc3c2c1. The first-order valence-corrected chi connectivity index (χ1v) is 8.31. The second-order valence-corrected chi connectivity index (χ2v) is 6.86. The number of hydrogen-bond donors (Lipinski definition) is 0. The van der Waals surface area contributed by atoms with Crippen LogP contribution in [0.25, 0.3) is 20.2 Å². The van der Waals surface area contributed by atoms with Crippen LogP contribution in [0.3, 0.4) is 0 Å². The van der Waals surface area contributed by atoms with Gasteiger partial charge >= 0.3 is 0 Å². The summed E-state index contributed by atoms with van der Waals surface area (Å²) in [6.45, 7) is 4.65. The van der Waals surface area contributed by atoms with Crippen LogP contribution in [0.2, 0.25) is 0 Å². The topological polar surface area (TPSA) is 3.24 Å². The van der Waals surface area contributed by atoms with E-state index in [1.807, 2.05) is 11.3 Å². The highest BCUT2D eigenvalue weighted by molar-refractivity contribution is 7.26. The third-order valence-electron chi connectivity index (χ3n) is 4.30. The van der Waals surface area contributed by atoms with Gasteiger partial charge in [0.25, 0.3) is 0 Å². The fourth-order valence-electron chi connectivity index (χ4n) is 3.32. The van der Waals surface area contributed by atoms with Crippen LogP contribution in [0.4, 0.5) is 5.69 Å². The number of anilines is 1. The molecule has 2 aromatic carbocycles. The Morgan fingerprint density at radius 1 is 0.950 bits per heavy atom. The predicted octanol–water partition coefficient (Wildman–Crippen LogP) is 5.35. The van der Waals surface area contributed by atoms with Crippen LogP contribution >= 0.6 is 11.3 Å². The largest absolute Gasteiger partial charge is 0.370 e. The third-order valence-corrected chi connectivity index (χ3v) is 5.51. The highest BCUT2D eigenvalue weighted by Crippen LogP contribution is 2.40. The van der Waals surface area contributed by atoms with Crippen LogP contribution in [0.5, 0.6) is 0 Å². The Labute approximate surface area is 123 Å². The maximum absolute atomic E-state index is 2.59. The number of fused-ring (bicyclic) bond motifs is 3. The Balaban J connectivity index is 1.99. The van der Waals surface area contributed by atoms with E-state index < -0.39 is 0 Å². The van der Waals surface area contributed by atoms with Crippen molar-refractivity contribution in [2.75, 3.05) is 18.0 Å². The van der Waals surface area contributed by atoms with Gasteiger partial charge in [0.1, 0.15) is 0 Å². The molecule has 1 saturated heterocycles.